The number of pyridine rings is 1. The Bertz CT molecular complexity index is 671. The molecule has 0 fully saturated rings. The molecule has 0 aliphatic carbocycles. The third-order valence-electron chi connectivity index (χ3n) is 3.49. The molecule has 0 aliphatic heterocycles. The van der Waals surface area contributed by atoms with Crippen LogP contribution in [0.1, 0.15) is 25.0 Å². The van der Waals surface area contributed by atoms with E-state index in [0.717, 1.165) is 17.1 Å². The van der Waals surface area contributed by atoms with E-state index in [-0.39, 0.29) is 11.8 Å². The number of aromatic nitrogens is 1. The van der Waals surface area contributed by atoms with Crippen molar-refractivity contribution in [1.29, 1.82) is 0 Å². The summed E-state index contributed by atoms with van der Waals surface area (Å²) in [5.41, 5.74) is 2.44. The van der Waals surface area contributed by atoms with E-state index in [0.29, 0.717) is 19.3 Å². The molecule has 23 heavy (non-hydrogen) atoms. The number of nitrogens with one attached hydrogen (secondary N) is 1. The zero-order valence-electron chi connectivity index (χ0n) is 13.5. The van der Waals surface area contributed by atoms with Gasteiger partial charge < -0.3 is 10.2 Å². The van der Waals surface area contributed by atoms with E-state index in [4.69, 9.17) is 0 Å². The van der Waals surface area contributed by atoms with Crippen molar-refractivity contribution in [3.63, 3.8) is 0 Å². The van der Waals surface area contributed by atoms with E-state index in [2.05, 4.69) is 10.3 Å². The van der Waals surface area contributed by atoms with Gasteiger partial charge in [-0.15, -0.1) is 0 Å². The number of carbonyl (C=O) groups is 2. The van der Waals surface area contributed by atoms with Crippen LogP contribution in [0.2, 0.25) is 0 Å². The summed E-state index contributed by atoms with van der Waals surface area (Å²) in [6, 6.07) is 13.0. The van der Waals surface area contributed by atoms with Gasteiger partial charge in [-0.3, -0.25) is 14.6 Å². The Balaban J connectivity index is 1.76. The Morgan fingerprint density at radius 2 is 1.87 bits per heavy atom. The maximum Gasteiger partial charge on any atom is 0.226 e. The van der Waals surface area contributed by atoms with Gasteiger partial charge in [-0.25, -0.2) is 0 Å². The van der Waals surface area contributed by atoms with Crippen molar-refractivity contribution in [2.45, 2.75) is 26.2 Å². The summed E-state index contributed by atoms with van der Waals surface area (Å²) in [7, 11) is 1.75. The Morgan fingerprint density at radius 3 is 2.57 bits per heavy atom. The van der Waals surface area contributed by atoms with E-state index in [1.807, 2.05) is 43.3 Å². The van der Waals surface area contributed by atoms with Crippen LogP contribution in [0.5, 0.6) is 0 Å². The molecule has 0 unspecified atom stereocenters. The molecule has 0 aliphatic rings. The molecule has 0 radical (unpaired) electrons. The molecule has 2 aromatic rings. The number of anilines is 2. The third-order valence-corrected chi connectivity index (χ3v) is 3.49. The predicted molar refractivity (Wildman–Crippen MR) is 91.3 cm³/mol. The molecule has 1 aromatic heterocycles. The molecule has 5 heteroatoms. The van der Waals surface area contributed by atoms with E-state index in [1.165, 1.54) is 0 Å². The monoisotopic (exact) mass is 311 g/mol. The van der Waals surface area contributed by atoms with Gasteiger partial charge in [0, 0.05) is 43.2 Å². The molecule has 1 heterocycles. The van der Waals surface area contributed by atoms with E-state index >= 15 is 0 Å². The smallest absolute Gasteiger partial charge is 0.226 e. The third kappa shape index (κ3) is 5.21. The molecule has 2 rings (SSSR count). The fourth-order valence-corrected chi connectivity index (χ4v) is 2.21. The van der Waals surface area contributed by atoms with E-state index in [9.17, 15) is 9.59 Å². The topological polar surface area (TPSA) is 62.3 Å². The number of aryl methyl sites for hydroxylation is 1. The summed E-state index contributed by atoms with van der Waals surface area (Å²) >= 11 is 0. The zero-order chi connectivity index (χ0) is 16.7. The van der Waals surface area contributed by atoms with Gasteiger partial charge in [-0.2, -0.15) is 0 Å². The summed E-state index contributed by atoms with van der Waals surface area (Å²) in [6.45, 7) is 1.87. The molecule has 2 amide bonds. The van der Waals surface area contributed by atoms with Crippen LogP contribution in [-0.2, 0) is 9.59 Å². The van der Waals surface area contributed by atoms with Gasteiger partial charge in [0.15, 0.2) is 0 Å². The highest BCUT2D eigenvalue weighted by Gasteiger charge is 2.11. The molecule has 120 valence electrons. The van der Waals surface area contributed by atoms with Gasteiger partial charge in [0.05, 0.1) is 0 Å². The van der Waals surface area contributed by atoms with Crippen molar-refractivity contribution in [1.82, 2.24) is 4.98 Å². The van der Waals surface area contributed by atoms with Crippen molar-refractivity contribution in [2.24, 2.45) is 0 Å². The molecule has 0 saturated carbocycles. The number of hydrogen-bond acceptors (Lipinski definition) is 3. The molecule has 0 spiro atoms. The Kier molecular flexibility index (Phi) is 5.86. The average Bonchev–Trinajstić information content (AvgIpc) is 2.55. The van der Waals surface area contributed by atoms with Gasteiger partial charge in [0.2, 0.25) is 11.8 Å². The van der Waals surface area contributed by atoms with Gasteiger partial charge in [0.25, 0.3) is 0 Å². The second-order valence-electron chi connectivity index (χ2n) is 5.38. The molecule has 0 saturated heterocycles. The molecule has 0 atom stereocenters. The first kappa shape index (κ1) is 16.7. The second-order valence-corrected chi connectivity index (χ2v) is 5.38. The van der Waals surface area contributed by atoms with Gasteiger partial charge in [0.1, 0.15) is 0 Å². The quantitative estimate of drug-likeness (QED) is 0.891. The minimum Gasteiger partial charge on any atom is -0.326 e. The number of nitrogens with zero attached hydrogens (tertiary/aromatic N) is 2. The summed E-state index contributed by atoms with van der Waals surface area (Å²) in [5, 5.41) is 2.81. The van der Waals surface area contributed by atoms with Crippen LogP contribution in [0.4, 0.5) is 11.4 Å². The van der Waals surface area contributed by atoms with Crippen LogP contribution in [0, 0.1) is 6.92 Å². The first-order valence-electron chi connectivity index (χ1n) is 7.60. The van der Waals surface area contributed by atoms with Crippen molar-refractivity contribution < 1.29 is 9.59 Å². The number of benzene rings is 1. The number of rotatable bonds is 6. The lowest BCUT2D eigenvalue weighted by atomic mass is 10.2. The zero-order valence-corrected chi connectivity index (χ0v) is 13.5. The largest absolute Gasteiger partial charge is 0.326 e. The lowest BCUT2D eigenvalue weighted by Crippen LogP contribution is -2.26. The summed E-state index contributed by atoms with van der Waals surface area (Å²) in [6.07, 6.45) is 2.83. The molecule has 1 N–H and O–H groups in total. The first-order valence-corrected chi connectivity index (χ1v) is 7.60. The van der Waals surface area contributed by atoms with Crippen molar-refractivity contribution in [2.75, 3.05) is 17.3 Å². The lowest BCUT2D eigenvalue weighted by molar-refractivity contribution is -0.118. The second kappa shape index (κ2) is 8.08. The SMILES string of the molecule is Cc1cc(NC(=O)CCCC(=O)N(C)c2ccccc2)ccn1. The Hall–Kier alpha value is -2.69. The Labute approximate surface area is 136 Å². The van der Waals surface area contributed by atoms with Gasteiger partial charge in [-0.1, -0.05) is 18.2 Å². The molecule has 5 nitrogen and oxygen atoms in total. The lowest BCUT2D eigenvalue weighted by Gasteiger charge is -2.17. The van der Waals surface area contributed by atoms with Crippen LogP contribution in [-0.4, -0.2) is 23.8 Å². The van der Waals surface area contributed by atoms with Gasteiger partial charge >= 0.3 is 0 Å². The molecular weight excluding hydrogens is 290 g/mol. The maximum atomic E-state index is 12.1. The summed E-state index contributed by atoms with van der Waals surface area (Å²) < 4.78 is 0. The van der Waals surface area contributed by atoms with E-state index < -0.39 is 0 Å². The van der Waals surface area contributed by atoms with Gasteiger partial charge in [-0.05, 0) is 37.6 Å². The first-order chi connectivity index (χ1) is 11.1. The normalized spacial score (nSPS) is 10.2. The highest BCUT2D eigenvalue weighted by Crippen LogP contribution is 2.13. The molecule has 0 bridgehead atoms. The van der Waals surface area contributed by atoms with E-state index in [1.54, 1.807) is 24.2 Å². The van der Waals surface area contributed by atoms with Crippen molar-refractivity contribution in [3.8, 4) is 0 Å². The maximum absolute atomic E-state index is 12.1. The van der Waals surface area contributed by atoms with Crippen molar-refractivity contribution >= 4 is 23.2 Å². The number of amides is 2. The van der Waals surface area contributed by atoms with Crippen LogP contribution in [0.15, 0.2) is 48.7 Å². The summed E-state index contributed by atoms with van der Waals surface area (Å²) in [5.74, 6) is -0.0884. The van der Waals surface area contributed by atoms with Crippen LogP contribution in [0.25, 0.3) is 0 Å². The van der Waals surface area contributed by atoms with Crippen LogP contribution >= 0.6 is 0 Å². The highest BCUT2D eigenvalue weighted by atomic mass is 16.2. The van der Waals surface area contributed by atoms with Crippen LogP contribution in [0.3, 0.4) is 0 Å². The standard InChI is InChI=1S/C18H21N3O2/c1-14-13-15(11-12-19-14)20-17(22)9-6-10-18(23)21(2)16-7-4-3-5-8-16/h3-5,7-8,11-13H,6,9-10H2,1-2H3,(H,19,20,22). The summed E-state index contributed by atoms with van der Waals surface area (Å²) in [4.78, 5) is 29.7. The van der Waals surface area contributed by atoms with Crippen molar-refractivity contribution in [3.05, 3.63) is 54.4 Å². The number of para-hydroxylation sites is 1. The molecule has 1 aromatic carbocycles. The fraction of sp³-hybridized carbons (Fsp3) is 0.278. The highest BCUT2D eigenvalue weighted by molar-refractivity contribution is 5.94. The van der Waals surface area contributed by atoms with Crippen LogP contribution < -0.4 is 10.2 Å². The molecular formula is C18H21N3O2. The number of carbonyl (C=O) groups excluding carboxylic acids is 2. The average molecular weight is 311 g/mol. The fourth-order valence-electron chi connectivity index (χ4n) is 2.21. The minimum absolute atomic E-state index is 0.00348. The minimum atomic E-state index is -0.0919. The predicted octanol–water partition coefficient (Wildman–Crippen LogP) is 3.16. The number of hydrogen-bond donors (Lipinski definition) is 1. The Morgan fingerprint density at radius 1 is 1.13 bits per heavy atom.